The third-order valence-corrected chi connectivity index (χ3v) is 5.45. The number of unbranched alkanes of at least 4 members (excludes halogenated alkanes) is 1. The quantitative estimate of drug-likeness (QED) is 0.117. The molecule has 3 rings (SSSR count). The predicted molar refractivity (Wildman–Crippen MR) is 138 cm³/mol. The molecular formula is C26H37N7O2. The van der Waals surface area contributed by atoms with Crippen molar-refractivity contribution in [2.45, 2.75) is 65.7 Å². The fraction of sp³-hybridized carbons (Fsp3) is 0.462. The van der Waals surface area contributed by atoms with Gasteiger partial charge in [-0.05, 0) is 30.9 Å². The number of rotatable bonds is 14. The fourth-order valence-electron chi connectivity index (χ4n) is 3.63. The molecule has 0 saturated heterocycles. The van der Waals surface area contributed by atoms with Crippen LogP contribution in [-0.2, 0) is 22.4 Å². The van der Waals surface area contributed by atoms with Crippen LogP contribution in [0.4, 0.5) is 0 Å². The molecule has 35 heavy (non-hydrogen) atoms. The Morgan fingerprint density at radius 2 is 1.77 bits per heavy atom. The molecule has 0 unspecified atom stereocenters. The van der Waals surface area contributed by atoms with Crippen molar-refractivity contribution < 1.29 is 9.47 Å². The van der Waals surface area contributed by atoms with Crippen molar-refractivity contribution in [1.29, 1.82) is 0 Å². The molecule has 0 aliphatic heterocycles. The van der Waals surface area contributed by atoms with Crippen molar-refractivity contribution in [1.82, 2.24) is 19.7 Å². The molecule has 0 aliphatic carbocycles. The van der Waals surface area contributed by atoms with Gasteiger partial charge in [0.2, 0.25) is 12.1 Å². The smallest absolute Gasteiger partial charge is 0.221 e. The van der Waals surface area contributed by atoms with Gasteiger partial charge in [-0.1, -0.05) is 57.5 Å². The molecular weight excluding hydrogens is 442 g/mol. The van der Waals surface area contributed by atoms with E-state index in [9.17, 15) is 0 Å². The summed E-state index contributed by atoms with van der Waals surface area (Å²) in [5, 5.41) is 8.39. The average Bonchev–Trinajstić information content (AvgIpc) is 3.29. The fourth-order valence-corrected chi connectivity index (χ4v) is 3.63. The van der Waals surface area contributed by atoms with E-state index in [1.165, 1.54) is 0 Å². The van der Waals surface area contributed by atoms with Gasteiger partial charge < -0.3 is 21.1 Å². The Morgan fingerprint density at radius 3 is 2.40 bits per heavy atom. The first-order valence-electron chi connectivity index (χ1n) is 12.4. The number of aryl methyl sites for hydroxylation is 1. The van der Waals surface area contributed by atoms with Crippen LogP contribution in [0.25, 0.3) is 11.3 Å². The largest absolute Gasteiger partial charge is 0.382 e. The number of aromatic nitrogens is 4. The third kappa shape index (κ3) is 7.10. The average molecular weight is 480 g/mol. The number of benzene rings is 1. The number of amidine groups is 1. The molecule has 0 amide bonds. The van der Waals surface area contributed by atoms with Crippen LogP contribution in [0.15, 0.2) is 47.7 Å². The molecule has 3 aromatic rings. The molecule has 0 radical (unpaired) electrons. The zero-order valence-electron chi connectivity index (χ0n) is 21.0. The van der Waals surface area contributed by atoms with Crippen molar-refractivity contribution in [2.75, 3.05) is 13.2 Å². The van der Waals surface area contributed by atoms with E-state index in [0.717, 1.165) is 60.4 Å². The maximum Gasteiger partial charge on any atom is 0.221 e. The number of hydrogen-bond acceptors (Lipinski definition) is 7. The molecule has 188 valence electrons. The van der Waals surface area contributed by atoms with Gasteiger partial charge in [-0.2, -0.15) is 10.2 Å². The van der Waals surface area contributed by atoms with E-state index in [0.29, 0.717) is 25.5 Å². The molecule has 0 saturated carbocycles. The highest BCUT2D eigenvalue weighted by molar-refractivity contribution is 6.02. The maximum atomic E-state index is 5.97. The number of nitrogens with zero attached hydrogens (tertiary/aromatic N) is 5. The number of hydrogen-bond donors (Lipinski definition) is 2. The minimum absolute atomic E-state index is 0.271. The second kappa shape index (κ2) is 13.6. The minimum atomic E-state index is -0.553. The van der Waals surface area contributed by atoms with Gasteiger partial charge in [-0.3, -0.25) is 4.98 Å². The van der Waals surface area contributed by atoms with E-state index < -0.39 is 6.29 Å². The summed E-state index contributed by atoms with van der Waals surface area (Å²) in [7, 11) is 0. The Kier molecular flexibility index (Phi) is 10.2. The van der Waals surface area contributed by atoms with Gasteiger partial charge in [-0.15, -0.1) is 0 Å². The van der Waals surface area contributed by atoms with E-state index in [1.54, 1.807) is 0 Å². The van der Waals surface area contributed by atoms with E-state index >= 15 is 0 Å². The zero-order chi connectivity index (χ0) is 25.0. The predicted octanol–water partition coefficient (Wildman–Crippen LogP) is 4.16. The molecule has 0 bridgehead atoms. The Hall–Kier alpha value is -3.30. The summed E-state index contributed by atoms with van der Waals surface area (Å²) in [5.41, 5.74) is 9.43. The summed E-state index contributed by atoms with van der Waals surface area (Å²) in [6, 6.07) is 11.7. The molecule has 0 fully saturated rings. The van der Waals surface area contributed by atoms with Gasteiger partial charge in [0.1, 0.15) is 5.82 Å². The van der Waals surface area contributed by atoms with Crippen molar-refractivity contribution >= 4 is 5.84 Å². The SMILES string of the molecule is CCCCn1nc(C(OCCC)OCCC)nc1Cc1ccc(-c2ccccc2/C(N)=N/N)nc1. The van der Waals surface area contributed by atoms with Gasteiger partial charge >= 0.3 is 0 Å². The van der Waals surface area contributed by atoms with E-state index in [2.05, 4.69) is 30.9 Å². The summed E-state index contributed by atoms with van der Waals surface area (Å²) in [4.78, 5) is 9.50. The molecule has 2 heterocycles. The minimum Gasteiger partial charge on any atom is -0.382 e. The molecule has 1 aromatic carbocycles. The summed E-state index contributed by atoms with van der Waals surface area (Å²) in [5.74, 6) is 7.11. The lowest BCUT2D eigenvalue weighted by atomic mass is 10.0. The zero-order valence-corrected chi connectivity index (χ0v) is 21.0. The van der Waals surface area contributed by atoms with E-state index in [4.69, 9.17) is 31.1 Å². The molecule has 9 heteroatoms. The van der Waals surface area contributed by atoms with Crippen LogP contribution < -0.4 is 11.6 Å². The topological polar surface area (TPSA) is 126 Å². The lowest BCUT2D eigenvalue weighted by molar-refractivity contribution is -0.151. The normalized spacial score (nSPS) is 11.9. The van der Waals surface area contributed by atoms with Crippen LogP contribution in [0.1, 0.15) is 75.5 Å². The number of nitrogens with two attached hydrogens (primary N) is 2. The highest BCUT2D eigenvalue weighted by atomic mass is 16.7. The number of hydrazone groups is 1. The molecule has 9 nitrogen and oxygen atoms in total. The van der Waals surface area contributed by atoms with Crippen molar-refractivity contribution in [3.8, 4) is 11.3 Å². The van der Waals surface area contributed by atoms with Crippen molar-refractivity contribution in [3.63, 3.8) is 0 Å². The molecule has 0 spiro atoms. The molecule has 0 aliphatic rings. The summed E-state index contributed by atoms with van der Waals surface area (Å²) in [6.07, 6.45) is 5.80. The van der Waals surface area contributed by atoms with Crippen LogP contribution in [0.2, 0.25) is 0 Å². The first-order chi connectivity index (χ1) is 17.1. The Morgan fingerprint density at radius 1 is 1.03 bits per heavy atom. The Labute approximate surface area is 207 Å². The molecule has 4 N–H and O–H groups in total. The second-order valence-corrected chi connectivity index (χ2v) is 8.32. The van der Waals surface area contributed by atoms with Crippen molar-refractivity contribution in [2.24, 2.45) is 16.7 Å². The van der Waals surface area contributed by atoms with Crippen molar-refractivity contribution in [3.05, 3.63) is 65.4 Å². The van der Waals surface area contributed by atoms with Gasteiger partial charge in [-0.25, -0.2) is 9.67 Å². The van der Waals surface area contributed by atoms with Crippen LogP contribution in [0.5, 0.6) is 0 Å². The van der Waals surface area contributed by atoms with E-state index in [1.807, 2.05) is 47.3 Å². The lowest BCUT2D eigenvalue weighted by Gasteiger charge is -2.14. The standard InChI is InChI=1S/C26H37N7O2/c1-4-7-14-33-23(30-25(32-33)26(34-15-5-2)35-16-6-3)17-19-12-13-22(29-18-19)20-10-8-9-11-21(20)24(27)31-28/h8-13,18,26H,4-7,14-17,28H2,1-3H3,(H2,27,31). The Bertz CT molecular complexity index is 1070. The highest BCUT2D eigenvalue weighted by Crippen LogP contribution is 2.23. The summed E-state index contributed by atoms with van der Waals surface area (Å²) >= 11 is 0. The monoisotopic (exact) mass is 479 g/mol. The van der Waals surface area contributed by atoms with Gasteiger partial charge in [0, 0.05) is 43.5 Å². The van der Waals surface area contributed by atoms with Crippen LogP contribution in [-0.4, -0.2) is 38.8 Å². The molecule has 2 aromatic heterocycles. The highest BCUT2D eigenvalue weighted by Gasteiger charge is 2.21. The first-order valence-corrected chi connectivity index (χ1v) is 12.4. The molecule has 0 atom stereocenters. The lowest BCUT2D eigenvalue weighted by Crippen LogP contribution is -2.16. The second-order valence-electron chi connectivity index (χ2n) is 8.32. The van der Waals surface area contributed by atoms with E-state index in [-0.39, 0.29) is 5.84 Å². The van der Waals surface area contributed by atoms with Gasteiger partial charge in [0.25, 0.3) is 0 Å². The summed E-state index contributed by atoms with van der Waals surface area (Å²) in [6.45, 7) is 8.30. The van der Waals surface area contributed by atoms with Crippen LogP contribution in [0.3, 0.4) is 0 Å². The third-order valence-electron chi connectivity index (χ3n) is 5.45. The first kappa shape index (κ1) is 26.3. The van der Waals surface area contributed by atoms with Crippen LogP contribution >= 0.6 is 0 Å². The van der Waals surface area contributed by atoms with Gasteiger partial charge in [0.15, 0.2) is 5.84 Å². The number of pyridine rings is 1. The summed E-state index contributed by atoms with van der Waals surface area (Å²) < 4.78 is 13.8. The maximum absolute atomic E-state index is 5.97. The Balaban J connectivity index is 1.85. The van der Waals surface area contributed by atoms with Crippen LogP contribution in [0, 0.1) is 0 Å². The van der Waals surface area contributed by atoms with Gasteiger partial charge in [0.05, 0.1) is 5.69 Å². The number of ether oxygens (including phenoxy) is 2.